The number of hydrogen-bond donors (Lipinski definition) is 1. The molecule has 0 saturated heterocycles. The first-order valence-electron chi connectivity index (χ1n) is 6.21. The van der Waals surface area contributed by atoms with E-state index in [0.717, 1.165) is 11.1 Å². The third-order valence-electron chi connectivity index (χ3n) is 2.95. The standard InChI is InChI=1S/C14H20N2O2/c1-4-16(5-2)14(18)13(17)15-10-12-9-7-6-8-11(12)3/h6-9H,4-5,10H2,1-3H3,(H,15,17). The number of nitrogens with one attached hydrogen (secondary N) is 1. The Morgan fingerprint density at radius 3 is 2.33 bits per heavy atom. The minimum Gasteiger partial charge on any atom is -0.344 e. The number of carbonyl (C=O) groups excluding carboxylic acids is 2. The van der Waals surface area contributed by atoms with Crippen LogP contribution in [-0.2, 0) is 16.1 Å². The molecule has 4 nitrogen and oxygen atoms in total. The summed E-state index contributed by atoms with van der Waals surface area (Å²) >= 11 is 0. The van der Waals surface area contributed by atoms with Gasteiger partial charge in [0, 0.05) is 19.6 Å². The molecular weight excluding hydrogens is 228 g/mol. The van der Waals surface area contributed by atoms with E-state index in [1.54, 1.807) is 0 Å². The van der Waals surface area contributed by atoms with Crippen LogP contribution in [0.5, 0.6) is 0 Å². The van der Waals surface area contributed by atoms with Crippen molar-refractivity contribution >= 4 is 11.8 Å². The number of rotatable bonds is 4. The molecule has 0 atom stereocenters. The molecule has 4 heteroatoms. The Labute approximate surface area is 108 Å². The number of likely N-dealkylation sites (N-methyl/N-ethyl adjacent to an activating group) is 1. The SMILES string of the molecule is CCN(CC)C(=O)C(=O)NCc1ccccc1C. The highest BCUT2D eigenvalue weighted by Crippen LogP contribution is 2.06. The quantitative estimate of drug-likeness (QED) is 0.820. The van der Waals surface area contributed by atoms with Crippen LogP contribution >= 0.6 is 0 Å². The highest BCUT2D eigenvalue weighted by Gasteiger charge is 2.18. The Kier molecular flexibility index (Phi) is 5.36. The fraction of sp³-hybridized carbons (Fsp3) is 0.429. The molecule has 18 heavy (non-hydrogen) atoms. The number of nitrogens with zero attached hydrogens (tertiary/aromatic N) is 1. The van der Waals surface area contributed by atoms with Gasteiger partial charge in [-0.25, -0.2) is 0 Å². The predicted molar refractivity (Wildman–Crippen MR) is 71.0 cm³/mol. The lowest BCUT2D eigenvalue weighted by molar-refractivity contribution is -0.145. The first-order chi connectivity index (χ1) is 8.60. The fourth-order valence-electron chi connectivity index (χ4n) is 1.71. The van der Waals surface area contributed by atoms with Crippen LogP contribution in [0.25, 0.3) is 0 Å². The predicted octanol–water partition coefficient (Wildman–Crippen LogP) is 1.48. The molecule has 0 fully saturated rings. The maximum absolute atomic E-state index is 11.7. The van der Waals surface area contributed by atoms with Gasteiger partial charge in [-0.15, -0.1) is 0 Å². The summed E-state index contributed by atoms with van der Waals surface area (Å²) in [5.74, 6) is -1.00. The largest absolute Gasteiger partial charge is 0.344 e. The topological polar surface area (TPSA) is 49.4 Å². The molecule has 0 spiro atoms. The molecule has 0 bridgehead atoms. The minimum absolute atomic E-state index is 0.387. The molecule has 0 radical (unpaired) electrons. The maximum atomic E-state index is 11.7. The van der Waals surface area contributed by atoms with Gasteiger partial charge >= 0.3 is 11.8 Å². The zero-order valence-electron chi connectivity index (χ0n) is 11.2. The van der Waals surface area contributed by atoms with Crippen molar-refractivity contribution in [2.24, 2.45) is 0 Å². The molecule has 0 saturated carbocycles. The van der Waals surface area contributed by atoms with Crippen molar-refractivity contribution in [3.8, 4) is 0 Å². The summed E-state index contributed by atoms with van der Waals surface area (Å²) in [4.78, 5) is 24.9. The van der Waals surface area contributed by atoms with Crippen LogP contribution in [-0.4, -0.2) is 29.8 Å². The number of amides is 2. The van der Waals surface area contributed by atoms with Crippen molar-refractivity contribution in [1.82, 2.24) is 10.2 Å². The Morgan fingerprint density at radius 2 is 1.78 bits per heavy atom. The van der Waals surface area contributed by atoms with Gasteiger partial charge < -0.3 is 10.2 Å². The number of benzene rings is 1. The Morgan fingerprint density at radius 1 is 1.17 bits per heavy atom. The average Bonchev–Trinajstić information content (AvgIpc) is 2.38. The van der Waals surface area contributed by atoms with Gasteiger partial charge in [0.25, 0.3) is 0 Å². The Hall–Kier alpha value is -1.84. The molecule has 0 aliphatic heterocycles. The molecule has 0 unspecified atom stereocenters. The molecule has 1 N–H and O–H groups in total. The van der Waals surface area contributed by atoms with E-state index in [2.05, 4.69) is 5.32 Å². The van der Waals surface area contributed by atoms with Crippen LogP contribution in [0.3, 0.4) is 0 Å². The second-order valence-corrected chi connectivity index (χ2v) is 4.09. The second kappa shape index (κ2) is 6.79. The van der Waals surface area contributed by atoms with Crippen molar-refractivity contribution in [2.45, 2.75) is 27.3 Å². The number of aryl methyl sites for hydroxylation is 1. The van der Waals surface area contributed by atoms with Crippen molar-refractivity contribution in [3.05, 3.63) is 35.4 Å². The minimum atomic E-state index is -0.540. The lowest BCUT2D eigenvalue weighted by atomic mass is 10.1. The molecule has 98 valence electrons. The van der Waals surface area contributed by atoms with E-state index in [1.165, 1.54) is 4.90 Å². The first kappa shape index (κ1) is 14.2. The van der Waals surface area contributed by atoms with Gasteiger partial charge in [0.15, 0.2) is 0 Å². The van der Waals surface area contributed by atoms with E-state index in [-0.39, 0.29) is 0 Å². The Balaban J connectivity index is 2.56. The van der Waals surface area contributed by atoms with Crippen LogP contribution in [0.1, 0.15) is 25.0 Å². The number of hydrogen-bond acceptors (Lipinski definition) is 2. The monoisotopic (exact) mass is 248 g/mol. The molecule has 0 aliphatic rings. The van der Waals surface area contributed by atoms with E-state index in [0.29, 0.717) is 19.6 Å². The molecule has 1 aromatic carbocycles. The van der Waals surface area contributed by atoms with Gasteiger partial charge in [0.1, 0.15) is 0 Å². The maximum Gasteiger partial charge on any atom is 0.311 e. The fourth-order valence-corrected chi connectivity index (χ4v) is 1.71. The first-order valence-corrected chi connectivity index (χ1v) is 6.21. The summed E-state index contributed by atoms with van der Waals surface area (Å²) in [5.41, 5.74) is 2.13. The zero-order chi connectivity index (χ0) is 13.5. The summed E-state index contributed by atoms with van der Waals surface area (Å²) in [6, 6.07) is 7.79. The van der Waals surface area contributed by atoms with E-state index >= 15 is 0 Å². The van der Waals surface area contributed by atoms with Crippen molar-refractivity contribution < 1.29 is 9.59 Å². The smallest absolute Gasteiger partial charge is 0.311 e. The van der Waals surface area contributed by atoms with Crippen molar-refractivity contribution in [1.29, 1.82) is 0 Å². The second-order valence-electron chi connectivity index (χ2n) is 4.09. The average molecular weight is 248 g/mol. The summed E-state index contributed by atoms with van der Waals surface area (Å²) in [5, 5.41) is 2.66. The molecule has 1 aromatic rings. The molecule has 0 aliphatic carbocycles. The lowest BCUT2D eigenvalue weighted by Crippen LogP contribution is -2.42. The van der Waals surface area contributed by atoms with Crippen LogP contribution in [0, 0.1) is 6.92 Å². The van der Waals surface area contributed by atoms with Crippen molar-refractivity contribution in [2.75, 3.05) is 13.1 Å². The van der Waals surface area contributed by atoms with Gasteiger partial charge in [-0.05, 0) is 31.9 Å². The molecule has 2 amide bonds. The normalized spacial score (nSPS) is 9.94. The van der Waals surface area contributed by atoms with Gasteiger partial charge in [-0.1, -0.05) is 24.3 Å². The molecule has 0 aromatic heterocycles. The Bertz CT molecular complexity index is 426. The van der Waals surface area contributed by atoms with E-state index in [1.807, 2.05) is 45.0 Å². The highest BCUT2D eigenvalue weighted by atomic mass is 16.2. The van der Waals surface area contributed by atoms with E-state index in [4.69, 9.17) is 0 Å². The molecule has 1 rings (SSSR count). The van der Waals surface area contributed by atoms with Gasteiger partial charge in [0.05, 0.1) is 0 Å². The van der Waals surface area contributed by atoms with Crippen LogP contribution in [0.4, 0.5) is 0 Å². The zero-order valence-corrected chi connectivity index (χ0v) is 11.2. The van der Waals surface area contributed by atoms with Gasteiger partial charge in [-0.3, -0.25) is 9.59 Å². The van der Waals surface area contributed by atoms with E-state index < -0.39 is 11.8 Å². The third kappa shape index (κ3) is 3.58. The number of carbonyl (C=O) groups is 2. The summed E-state index contributed by atoms with van der Waals surface area (Å²) in [7, 11) is 0. The summed E-state index contributed by atoms with van der Waals surface area (Å²) < 4.78 is 0. The van der Waals surface area contributed by atoms with E-state index in [9.17, 15) is 9.59 Å². The third-order valence-corrected chi connectivity index (χ3v) is 2.95. The van der Waals surface area contributed by atoms with Crippen molar-refractivity contribution in [3.63, 3.8) is 0 Å². The van der Waals surface area contributed by atoms with Gasteiger partial charge in [0.2, 0.25) is 0 Å². The van der Waals surface area contributed by atoms with Crippen LogP contribution in [0.2, 0.25) is 0 Å². The molecule has 0 heterocycles. The van der Waals surface area contributed by atoms with Crippen LogP contribution in [0.15, 0.2) is 24.3 Å². The summed E-state index contributed by atoms with van der Waals surface area (Å²) in [6.07, 6.45) is 0. The highest BCUT2D eigenvalue weighted by molar-refractivity contribution is 6.34. The molecular formula is C14H20N2O2. The van der Waals surface area contributed by atoms with Crippen LogP contribution < -0.4 is 5.32 Å². The lowest BCUT2D eigenvalue weighted by Gasteiger charge is -2.17. The summed E-state index contributed by atoms with van der Waals surface area (Å²) in [6.45, 7) is 7.18. The van der Waals surface area contributed by atoms with Gasteiger partial charge in [-0.2, -0.15) is 0 Å².